The highest BCUT2D eigenvalue weighted by Crippen LogP contribution is 2.39. The monoisotopic (exact) mass is 565 g/mol. The lowest BCUT2D eigenvalue weighted by Crippen LogP contribution is -2.53. The first kappa shape index (κ1) is 27.4. The zero-order valence-electron chi connectivity index (χ0n) is 23.0. The molecule has 3 aliphatic rings. The number of carbonyl (C=O) groups excluding carboxylic acids is 3. The van der Waals surface area contributed by atoms with Crippen molar-refractivity contribution in [3.05, 3.63) is 88.6 Å². The molecule has 3 N–H and O–H groups in total. The summed E-state index contributed by atoms with van der Waals surface area (Å²) in [6.07, 6.45) is 0.633. The van der Waals surface area contributed by atoms with Crippen LogP contribution in [0.3, 0.4) is 0 Å². The largest absolute Gasteiger partial charge is 0.381 e. The van der Waals surface area contributed by atoms with Gasteiger partial charge in [0, 0.05) is 68.7 Å². The lowest BCUT2D eigenvalue weighted by molar-refractivity contribution is -0.139. The number of piperazine rings is 1. The van der Waals surface area contributed by atoms with Crippen molar-refractivity contribution in [1.29, 1.82) is 5.26 Å². The quantitative estimate of drug-likeness (QED) is 0.367. The van der Waals surface area contributed by atoms with Crippen LogP contribution in [0.5, 0.6) is 0 Å². The molecule has 0 aliphatic carbocycles. The van der Waals surface area contributed by atoms with Crippen LogP contribution < -0.4 is 15.5 Å². The third kappa shape index (κ3) is 5.42. The molecule has 214 valence electrons. The van der Waals surface area contributed by atoms with Crippen molar-refractivity contribution in [1.82, 2.24) is 20.1 Å². The summed E-state index contributed by atoms with van der Waals surface area (Å²) in [7, 11) is 0. The number of piperidine rings is 1. The number of pyridine rings is 1. The van der Waals surface area contributed by atoms with Gasteiger partial charge in [-0.15, -0.1) is 0 Å². The smallest absolute Gasteiger partial charge is 0.257 e. The van der Waals surface area contributed by atoms with Gasteiger partial charge in [-0.05, 0) is 41.8 Å². The van der Waals surface area contributed by atoms with Crippen molar-refractivity contribution >= 4 is 29.2 Å². The Morgan fingerprint density at radius 2 is 1.76 bits per heavy atom. The maximum atomic E-state index is 13.1. The van der Waals surface area contributed by atoms with E-state index in [4.69, 9.17) is 5.26 Å². The molecule has 11 heteroatoms. The summed E-state index contributed by atoms with van der Waals surface area (Å²) < 4.78 is 0. The molecule has 0 bridgehead atoms. The summed E-state index contributed by atoms with van der Waals surface area (Å²) in [6, 6.07) is 18.5. The molecule has 3 amide bonds. The number of benzene rings is 2. The number of imide groups is 1. The minimum Gasteiger partial charge on any atom is -0.381 e. The van der Waals surface area contributed by atoms with E-state index in [-0.39, 0.29) is 18.7 Å². The first-order valence-corrected chi connectivity index (χ1v) is 14.0. The molecular weight excluding hydrogens is 534 g/mol. The minimum absolute atomic E-state index is 0.122. The molecule has 2 saturated heterocycles. The van der Waals surface area contributed by atoms with Crippen molar-refractivity contribution < 1.29 is 19.5 Å². The molecular formula is C31H31N7O4. The summed E-state index contributed by atoms with van der Waals surface area (Å²) in [5, 5.41) is 25.7. The Kier molecular flexibility index (Phi) is 7.56. The minimum atomic E-state index is -1.28. The predicted octanol–water partition coefficient (Wildman–Crippen LogP) is 2.14. The molecule has 0 saturated carbocycles. The van der Waals surface area contributed by atoms with Gasteiger partial charge in [-0.3, -0.25) is 29.5 Å². The standard InChI is InChI=1S/C31H31N7O4/c32-16-22-8-10-26(34-18-22)37-14-12-36(13-15-37)19-21-6-4-20(5-7-21)17-33-24-3-1-2-23-28(24)31(42)38(30(23)41)25-9-11-27(39)35-29(25)40/h1-8,10,18,25,31,33,42H,9,11-15,17,19H2,(H,35,39,40). The van der Waals surface area contributed by atoms with E-state index in [0.29, 0.717) is 28.9 Å². The molecule has 2 aromatic carbocycles. The number of anilines is 2. The van der Waals surface area contributed by atoms with Gasteiger partial charge in [0.05, 0.1) is 5.56 Å². The molecule has 4 heterocycles. The average Bonchev–Trinajstić information content (AvgIpc) is 3.27. The van der Waals surface area contributed by atoms with Gasteiger partial charge in [0.2, 0.25) is 11.8 Å². The number of fused-ring (bicyclic) bond motifs is 1. The summed E-state index contributed by atoms with van der Waals surface area (Å²) in [5.41, 5.74) is 4.25. The van der Waals surface area contributed by atoms with Gasteiger partial charge in [0.1, 0.15) is 17.9 Å². The lowest BCUT2D eigenvalue weighted by atomic mass is 10.0. The summed E-state index contributed by atoms with van der Waals surface area (Å²) in [5.74, 6) is -0.460. The van der Waals surface area contributed by atoms with Crippen LogP contribution in [0.25, 0.3) is 0 Å². The summed E-state index contributed by atoms with van der Waals surface area (Å²) in [4.78, 5) is 47.3. The van der Waals surface area contributed by atoms with E-state index < -0.39 is 24.1 Å². The van der Waals surface area contributed by atoms with Crippen molar-refractivity contribution in [3.8, 4) is 6.07 Å². The first-order chi connectivity index (χ1) is 20.4. The van der Waals surface area contributed by atoms with Gasteiger partial charge in [-0.25, -0.2) is 4.98 Å². The number of nitrogens with zero attached hydrogens (tertiary/aromatic N) is 5. The highest BCUT2D eigenvalue weighted by Gasteiger charge is 2.45. The fourth-order valence-electron chi connectivity index (χ4n) is 5.83. The molecule has 2 fully saturated rings. The number of aliphatic hydroxyl groups is 1. The third-order valence-electron chi connectivity index (χ3n) is 8.12. The van der Waals surface area contributed by atoms with Crippen LogP contribution in [0.2, 0.25) is 0 Å². The second-order valence-electron chi connectivity index (χ2n) is 10.8. The topological polar surface area (TPSA) is 142 Å². The van der Waals surface area contributed by atoms with E-state index in [1.807, 2.05) is 12.1 Å². The molecule has 0 radical (unpaired) electrons. The first-order valence-electron chi connectivity index (χ1n) is 14.0. The maximum Gasteiger partial charge on any atom is 0.257 e. The molecule has 11 nitrogen and oxygen atoms in total. The van der Waals surface area contributed by atoms with Gasteiger partial charge >= 0.3 is 0 Å². The van der Waals surface area contributed by atoms with Gasteiger partial charge in [0.15, 0.2) is 6.23 Å². The molecule has 2 unspecified atom stereocenters. The van der Waals surface area contributed by atoms with Crippen molar-refractivity contribution in [2.75, 3.05) is 36.4 Å². The number of nitrogens with one attached hydrogen (secondary N) is 2. The molecule has 42 heavy (non-hydrogen) atoms. The maximum absolute atomic E-state index is 13.1. The Hall–Kier alpha value is -4.79. The van der Waals surface area contributed by atoms with Crippen molar-refractivity contribution in [3.63, 3.8) is 0 Å². The molecule has 2 atom stereocenters. The Morgan fingerprint density at radius 3 is 2.45 bits per heavy atom. The fraction of sp³-hybridized carbons (Fsp3) is 0.323. The number of carbonyl (C=O) groups is 3. The number of rotatable bonds is 7. The van der Waals surface area contributed by atoms with E-state index >= 15 is 0 Å². The van der Waals surface area contributed by atoms with Gasteiger partial charge in [-0.1, -0.05) is 30.3 Å². The van der Waals surface area contributed by atoms with Gasteiger partial charge in [0.25, 0.3) is 5.91 Å². The second-order valence-corrected chi connectivity index (χ2v) is 10.8. The Labute approximate surface area is 243 Å². The molecule has 0 spiro atoms. The van der Waals surface area contributed by atoms with Crippen LogP contribution in [-0.4, -0.2) is 69.8 Å². The molecule has 3 aliphatic heterocycles. The number of aromatic nitrogens is 1. The zero-order valence-corrected chi connectivity index (χ0v) is 23.0. The number of aliphatic hydroxyl groups excluding tert-OH is 1. The van der Waals surface area contributed by atoms with Gasteiger partial charge < -0.3 is 15.3 Å². The number of hydrogen-bond donors (Lipinski definition) is 3. The summed E-state index contributed by atoms with van der Waals surface area (Å²) >= 11 is 0. The highest BCUT2D eigenvalue weighted by atomic mass is 16.3. The number of amides is 3. The van der Waals surface area contributed by atoms with Crippen LogP contribution in [0, 0.1) is 11.3 Å². The van der Waals surface area contributed by atoms with E-state index in [0.717, 1.165) is 44.1 Å². The predicted molar refractivity (Wildman–Crippen MR) is 154 cm³/mol. The normalized spacial score (nSPS) is 20.7. The van der Waals surface area contributed by atoms with E-state index in [1.54, 1.807) is 24.4 Å². The number of nitriles is 1. The lowest BCUT2D eigenvalue weighted by Gasteiger charge is -2.35. The zero-order chi connectivity index (χ0) is 29.2. The van der Waals surface area contributed by atoms with Crippen LogP contribution in [0.1, 0.15) is 51.7 Å². The van der Waals surface area contributed by atoms with Crippen molar-refractivity contribution in [2.24, 2.45) is 0 Å². The summed E-state index contributed by atoms with van der Waals surface area (Å²) in [6.45, 7) is 4.92. The van der Waals surface area contributed by atoms with Crippen molar-refractivity contribution in [2.45, 2.75) is 38.2 Å². The third-order valence-corrected chi connectivity index (χ3v) is 8.12. The highest BCUT2D eigenvalue weighted by molar-refractivity contribution is 6.06. The average molecular weight is 566 g/mol. The Balaban J connectivity index is 1.04. The van der Waals surface area contributed by atoms with E-state index in [1.165, 1.54) is 10.5 Å². The Bertz CT molecular complexity index is 1540. The fourth-order valence-corrected chi connectivity index (χ4v) is 5.83. The van der Waals surface area contributed by atoms with Crippen LogP contribution in [-0.2, 0) is 22.7 Å². The SMILES string of the molecule is N#Cc1ccc(N2CCN(Cc3ccc(CNc4cccc5c4C(O)N(C4CCC(=O)NC4=O)C5=O)cc3)CC2)nc1. The van der Waals surface area contributed by atoms with Crippen LogP contribution in [0.4, 0.5) is 11.5 Å². The van der Waals surface area contributed by atoms with E-state index in [9.17, 15) is 19.5 Å². The van der Waals surface area contributed by atoms with Crippen LogP contribution in [0.15, 0.2) is 60.8 Å². The molecule has 1 aromatic heterocycles. The van der Waals surface area contributed by atoms with Crippen LogP contribution >= 0.6 is 0 Å². The van der Waals surface area contributed by atoms with Gasteiger partial charge in [-0.2, -0.15) is 5.26 Å². The molecule has 3 aromatic rings. The Morgan fingerprint density at radius 1 is 1.00 bits per heavy atom. The number of hydrogen-bond acceptors (Lipinski definition) is 9. The molecule has 6 rings (SSSR count). The van der Waals surface area contributed by atoms with E-state index in [2.05, 4.69) is 55.8 Å². The second kappa shape index (κ2) is 11.6.